The summed E-state index contributed by atoms with van der Waals surface area (Å²) in [5.74, 6) is -1.22. The Balaban J connectivity index is 0.00000123. The Kier molecular flexibility index (Phi) is 10.5. The monoisotopic (exact) mass is 340 g/mol. The Morgan fingerprint density at radius 1 is 1.25 bits per heavy atom. The van der Waals surface area contributed by atoms with Gasteiger partial charge < -0.3 is 24.3 Å². The van der Waals surface area contributed by atoms with Gasteiger partial charge in [0.05, 0.1) is 19.6 Å². The maximum Gasteiger partial charge on any atom is 0.492 e. The molecule has 1 atom stereocenters. The third kappa shape index (κ3) is 6.21. The molecule has 0 aliphatic carbocycles. The number of carbonyl (C=O) groups excluding carboxylic acids is 1. The van der Waals surface area contributed by atoms with Gasteiger partial charge in [0.15, 0.2) is 6.61 Å². The Labute approximate surface area is 142 Å². The number of hydrogen-bond donors (Lipinski definition) is 2. The van der Waals surface area contributed by atoms with E-state index >= 15 is 0 Å². The second kappa shape index (κ2) is 11.5. The number of benzene rings is 1. The third-order valence-electron chi connectivity index (χ3n) is 2.91. The van der Waals surface area contributed by atoms with E-state index in [0.717, 1.165) is 0 Å². The van der Waals surface area contributed by atoms with Crippen LogP contribution in [0, 0.1) is 0 Å². The van der Waals surface area contributed by atoms with Crippen LogP contribution in [0.25, 0.3) is 0 Å². The number of carboxylic acid groups (broad SMARTS) is 1. The summed E-state index contributed by atoms with van der Waals surface area (Å²) in [5, 5.41) is 18.3. The van der Waals surface area contributed by atoms with Crippen LogP contribution in [0.4, 0.5) is 0 Å². The molecular weight excluding hydrogens is 315 g/mol. The standard InChI is InChI=1S/C12H13BO7.2C2H6/c1-18-12(16)5-10-8-3-2-7(19-6-11(14)15)4-9(8)13(17)20-10;2*1-2/h2-4,10,17H,5-6H2,1H3,(H,14,15);2*1-2H3. The topological polar surface area (TPSA) is 102 Å². The van der Waals surface area contributed by atoms with Gasteiger partial charge in [0.2, 0.25) is 0 Å². The van der Waals surface area contributed by atoms with E-state index in [4.69, 9.17) is 14.5 Å². The molecule has 2 rings (SSSR count). The highest BCUT2D eigenvalue weighted by Gasteiger charge is 2.36. The zero-order valence-corrected chi connectivity index (χ0v) is 14.7. The molecule has 0 amide bonds. The highest BCUT2D eigenvalue weighted by Crippen LogP contribution is 2.28. The minimum atomic E-state index is -1.17. The number of carbonyl (C=O) groups is 2. The molecule has 0 spiro atoms. The van der Waals surface area contributed by atoms with Gasteiger partial charge in [-0.25, -0.2) is 4.79 Å². The first-order valence-electron chi connectivity index (χ1n) is 7.90. The summed E-state index contributed by atoms with van der Waals surface area (Å²) in [4.78, 5) is 21.7. The van der Waals surface area contributed by atoms with Crippen molar-refractivity contribution in [1.29, 1.82) is 0 Å². The molecule has 0 saturated heterocycles. The Bertz CT molecular complexity index is 533. The van der Waals surface area contributed by atoms with Crippen LogP contribution < -0.4 is 10.2 Å². The molecule has 1 aromatic rings. The van der Waals surface area contributed by atoms with E-state index < -0.39 is 31.8 Å². The fourth-order valence-corrected chi connectivity index (χ4v) is 1.99. The molecule has 1 aromatic carbocycles. The lowest BCUT2D eigenvalue weighted by Crippen LogP contribution is -2.28. The molecule has 7 nitrogen and oxygen atoms in total. The summed E-state index contributed by atoms with van der Waals surface area (Å²) in [5.41, 5.74) is 1.12. The van der Waals surface area contributed by atoms with Gasteiger partial charge in [-0.2, -0.15) is 0 Å². The van der Waals surface area contributed by atoms with Gasteiger partial charge >= 0.3 is 19.1 Å². The zero-order valence-electron chi connectivity index (χ0n) is 14.7. The number of aliphatic carboxylic acids is 1. The molecular formula is C16H25BO7. The van der Waals surface area contributed by atoms with E-state index in [1.54, 1.807) is 12.1 Å². The predicted molar refractivity (Wildman–Crippen MR) is 90.3 cm³/mol. The molecule has 0 bridgehead atoms. The molecule has 0 fully saturated rings. The average Bonchev–Trinajstić information content (AvgIpc) is 2.92. The van der Waals surface area contributed by atoms with E-state index in [9.17, 15) is 14.6 Å². The van der Waals surface area contributed by atoms with Gasteiger partial charge in [-0.1, -0.05) is 33.8 Å². The molecule has 0 aromatic heterocycles. The van der Waals surface area contributed by atoms with Crippen LogP contribution in [0.15, 0.2) is 18.2 Å². The van der Waals surface area contributed by atoms with Crippen molar-refractivity contribution in [2.75, 3.05) is 13.7 Å². The van der Waals surface area contributed by atoms with Crippen LogP contribution in [0.2, 0.25) is 0 Å². The smallest absolute Gasteiger partial charge is 0.482 e. The highest BCUT2D eigenvalue weighted by atomic mass is 16.5. The summed E-state index contributed by atoms with van der Waals surface area (Å²) >= 11 is 0. The highest BCUT2D eigenvalue weighted by molar-refractivity contribution is 6.61. The molecule has 0 radical (unpaired) electrons. The second-order valence-corrected chi connectivity index (χ2v) is 4.23. The van der Waals surface area contributed by atoms with E-state index in [-0.39, 0.29) is 6.42 Å². The van der Waals surface area contributed by atoms with E-state index in [2.05, 4.69) is 4.74 Å². The minimum absolute atomic E-state index is 0.00408. The van der Waals surface area contributed by atoms with Crippen molar-refractivity contribution < 1.29 is 33.8 Å². The summed E-state index contributed by atoms with van der Waals surface area (Å²) in [7, 11) is 0.102. The summed E-state index contributed by atoms with van der Waals surface area (Å²) in [6.45, 7) is 7.53. The largest absolute Gasteiger partial charge is 0.492 e. The van der Waals surface area contributed by atoms with Crippen LogP contribution in [-0.2, 0) is 19.0 Å². The fourth-order valence-electron chi connectivity index (χ4n) is 1.99. The van der Waals surface area contributed by atoms with Crippen molar-refractivity contribution in [3.05, 3.63) is 23.8 Å². The maximum absolute atomic E-state index is 11.3. The molecule has 1 unspecified atom stereocenters. The quantitative estimate of drug-likeness (QED) is 0.619. The van der Waals surface area contributed by atoms with Crippen LogP contribution >= 0.6 is 0 Å². The molecule has 1 aliphatic heterocycles. The van der Waals surface area contributed by atoms with Crippen molar-refractivity contribution >= 4 is 24.5 Å². The lowest BCUT2D eigenvalue weighted by Gasteiger charge is -2.10. The first-order valence-corrected chi connectivity index (χ1v) is 7.90. The van der Waals surface area contributed by atoms with Gasteiger partial charge in [0, 0.05) is 0 Å². The predicted octanol–water partition coefficient (Wildman–Crippen LogP) is 1.52. The Hall–Kier alpha value is -2.06. The van der Waals surface area contributed by atoms with Crippen molar-refractivity contribution in [2.45, 2.75) is 40.2 Å². The number of methoxy groups -OCH3 is 1. The second-order valence-electron chi connectivity index (χ2n) is 4.23. The lowest BCUT2D eigenvalue weighted by atomic mass is 9.79. The number of rotatable bonds is 5. The number of carboxylic acids is 1. The number of ether oxygens (including phenoxy) is 2. The van der Waals surface area contributed by atoms with E-state index in [1.807, 2.05) is 27.7 Å². The third-order valence-corrected chi connectivity index (χ3v) is 2.91. The number of esters is 1. The number of fused-ring (bicyclic) bond motifs is 1. The lowest BCUT2D eigenvalue weighted by molar-refractivity contribution is -0.142. The molecule has 24 heavy (non-hydrogen) atoms. The van der Waals surface area contributed by atoms with Crippen molar-refractivity contribution in [1.82, 2.24) is 0 Å². The van der Waals surface area contributed by atoms with E-state index in [0.29, 0.717) is 16.8 Å². The van der Waals surface area contributed by atoms with Crippen molar-refractivity contribution in [3.63, 3.8) is 0 Å². The molecule has 1 heterocycles. The van der Waals surface area contributed by atoms with Crippen LogP contribution in [0.5, 0.6) is 5.75 Å². The van der Waals surface area contributed by atoms with Gasteiger partial charge in [-0.05, 0) is 23.2 Å². The van der Waals surface area contributed by atoms with Crippen molar-refractivity contribution in [3.8, 4) is 5.75 Å². The molecule has 8 heteroatoms. The normalized spacial score (nSPS) is 14.4. The van der Waals surface area contributed by atoms with Crippen LogP contribution in [0.1, 0.15) is 45.8 Å². The van der Waals surface area contributed by atoms with Crippen LogP contribution in [-0.4, -0.2) is 42.9 Å². The van der Waals surface area contributed by atoms with Crippen LogP contribution in [0.3, 0.4) is 0 Å². The van der Waals surface area contributed by atoms with Gasteiger partial charge in [0.25, 0.3) is 0 Å². The molecule has 2 N–H and O–H groups in total. The Morgan fingerprint density at radius 3 is 2.42 bits per heavy atom. The van der Waals surface area contributed by atoms with Gasteiger partial charge in [-0.3, -0.25) is 4.79 Å². The minimum Gasteiger partial charge on any atom is -0.482 e. The van der Waals surface area contributed by atoms with Crippen molar-refractivity contribution in [2.24, 2.45) is 0 Å². The van der Waals surface area contributed by atoms with Gasteiger partial charge in [0.1, 0.15) is 5.75 Å². The molecule has 134 valence electrons. The van der Waals surface area contributed by atoms with Gasteiger partial charge in [-0.15, -0.1) is 0 Å². The molecule has 0 saturated carbocycles. The maximum atomic E-state index is 11.3. The first-order chi connectivity index (χ1) is 11.5. The molecule has 1 aliphatic rings. The first kappa shape index (κ1) is 21.9. The Morgan fingerprint density at radius 2 is 1.88 bits per heavy atom. The summed E-state index contributed by atoms with van der Waals surface area (Å²) in [6, 6.07) is 4.70. The average molecular weight is 340 g/mol. The number of hydrogen-bond acceptors (Lipinski definition) is 6. The summed E-state index contributed by atoms with van der Waals surface area (Å²) in [6.07, 6.45) is -0.587. The zero-order chi connectivity index (χ0) is 18.7. The van der Waals surface area contributed by atoms with E-state index in [1.165, 1.54) is 13.2 Å². The summed E-state index contributed by atoms with van der Waals surface area (Å²) < 4.78 is 14.8. The fraction of sp³-hybridized carbons (Fsp3) is 0.500. The SMILES string of the molecule is CC.CC.COC(=O)CC1OB(O)c2cc(OCC(=O)O)ccc21.